The number of rotatable bonds is 6. The van der Waals surface area contributed by atoms with E-state index in [4.69, 9.17) is 0 Å². The number of phenolic OH excluding ortho intramolecular Hbond substituents is 2. The molecule has 0 heterocycles. The Morgan fingerprint density at radius 3 is 1.57 bits per heavy atom. The molecular formula is C18H18O4S. The van der Waals surface area contributed by atoms with E-state index in [0.717, 1.165) is 0 Å². The lowest BCUT2D eigenvalue weighted by molar-refractivity contribution is 0.473. The molecule has 0 unspecified atom stereocenters. The highest BCUT2D eigenvalue weighted by molar-refractivity contribution is 7.91. The molecule has 4 nitrogen and oxygen atoms in total. The van der Waals surface area contributed by atoms with E-state index in [9.17, 15) is 18.6 Å². The quantitative estimate of drug-likeness (QED) is 0.796. The smallest absolute Gasteiger partial charge is 0.207 e. The van der Waals surface area contributed by atoms with Gasteiger partial charge in [-0.15, -0.1) is 13.2 Å². The van der Waals surface area contributed by atoms with Crippen molar-refractivity contribution >= 4 is 9.84 Å². The SMILES string of the molecule is C=CCc1cc(O)ccc1S(=O)(=O)c1ccc(O)cc1CC=C. The third-order valence-corrected chi connectivity index (χ3v) is 5.35. The van der Waals surface area contributed by atoms with Gasteiger partial charge in [0.2, 0.25) is 9.84 Å². The Labute approximate surface area is 136 Å². The molecule has 0 aromatic heterocycles. The summed E-state index contributed by atoms with van der Waals surface area (Å²) in [5.41, 5.74) is 0.940. The molecule has 0 saturated carbocycles. The van der Waals surface area contributed by atoms with Gasteiger partial charge in [-0.2, -0.15) is 0 Å². The molecule has 2 aromatic rings. The molecule has 120 valence electrons. The maximum absolute atomic E-state index is 13.0. The van der Waals surface area contributed by atoms with Crippen molar-refractivity contribution in [2.45, 2.75) is 22.6 Å². The molecule has 0 radical (unpaired) electrons. The molecule has 0 fully saturated rings. The highest BCUT2D eigenvalue weighted by Crippen LogP contribution is 2.31. The van der Waals surface area contributed by atoms with Crippen LogP contribution in [-0.4, -0.2) is 18.6 Å². The van der Waals surface area contributed by atoms with Crippen LogP contribution in [0.15, 0.2) is 71.5 Å². The number of benzene rings is 2. The van der Waals surface area contributed by atoms with Crippen LogP contribution in [0.2, 0.25) is 0 Å². The number of hydrogen-bond donors (Lipinski definition) is 2. The molecular weight excluding hydrogens is 312 g/mol. The fraction of sp³-hybridized carbons (Fsp3) is 0.111. The molecule has 0 spiro atoms. The predicted molar refractivity (Wildman–Crippen MR) is 89.5 cm³/mol. The molecule has 0 aliphatic carbocycles. The first-order valence-electron chi connectivity index (χ1n) is 7.00. The van der Waals surface area contributed by atoms with Crippen LogP contribution in [0.5, 0.6) is 11.5 Å². The van der Waals surface area contributed by atoms with E-state index in [1.165, 1.54) is 36.4 Å². The van der Waals surface area contributed by atoms with Crippen LogP contribution >= 0.6 is 0 Å². The van der Waals surface area contributed by atoms with Crippen molar-refractivity contribution in [2.24, 2.45) is 0 Å². The summed E-state index contributed by atoms with van der Waals surface area (Å²) in [6.07, 6.45) is 3.79. The molecule has 2 N–H and O–H groups in total. The van der Waals surface area contributed by atoms with E-state index >= 15 is 0 Å². The second-order valence-electron chi connectivity index (χ2n) is 5.07. The van der Waals surface area contributed by atoms with E-state index in [1.807, 2.05) is 0 Å². The molecule has 23 heavy (non-hydrogen) atoms. The van der Waals surface area contributed by atoms with Crippen LogP contribution in [0, 0.1) is 0 Å². The Bertz CT molecular complexity index is 786. The van der Waals surface area contributed by atoms with E-state index in [1.54, 1.807) is 12.2 Å². The monoisotopic (exact) mass is 330 g/mol. The van der Waals surface area contributed by atoms with Gasteiger partial charge >= 0.3 is 0 Å². The highest BCUT2D eigenvalue weighted by atomic mass is 32.2. The van der Waals surface area contributed by atoms with Crippen LogP contribution in [0.3, 0.4) is 0 Å². The summed E-state index contributed by atoms with van der Waals surface area (Å²) in [5, 5.41) is 19.2. The van der Waals surface area contributed by atoms with Crippen LogP contribution < -0.4 is 0 Å². The highest BCUT2D eigenvalue weighted by Gasteiger charge is 2.24. The Hall–Kier alpha value is -2.53. The van der Waals surface area contributed by atoms with Gasteiger partial charge < -0.3 is 10.2 Å². The fourth-order valence-corrected chi connectivity index (χ4v) is 4.11. The van der Waals surface area contributed by atoms with Gasteiger partial charge in [0, 0.05) is 0 Å². The van der Waals surface area contributed by atoms with E-state index < -0.39 is 9.84 Å². The van der Waals surface area contributed by atoms with Crippen LogP contribution in [0.1, 0.15) is 11.1 Å². The van der Waals surface area contributed by atoms with Crippen LogP contribution in [0.25, 0.3) is 0 Å². The molecule has 0 aliphatic rings. The average molecular weight is 330 g/mol. The predicted octanol–water partition coefficient (Wildman–Crippen LogP) is 3.39. The third kappa shape index (κ3) is 3.46. The van der Waals surface area contributed by atoms with Crippen LogP contribution in [0.4, 0.5) is 0 Å². The van der Waals surface area contributed by atoms with Crippen molar-refractivity contribution in [3.8, 4) is 11.5 Å². The summed E-state index contributed by atoms with van der Waals surface area (Å²) in [6.45, 7) is 7.23. The van der Waals surface area contributed by atoms with Crippen molar-refractivity contribution in [1.82, 2.24) is 0 Å². The minimum Gasteiger partial charge on any atom is -0.508 e. The Morgan fingerprint density at radius 1 is 0.826 bits per heavy atom. The lowest BCUT2D eigenvalue weighted by Crippen LogP contribution is -2.08. The van der Waals surface area contributed by atoms with E-state index in [2.05, 4.69) is 13.2 Å². The van der Waals surface area contributed by atoms with Crippen molar-refractivity contribution in [2.75, 3.05) is 0 Å². The largest absolute Gasteiger partial charge is 0.508 e. The Kier molecular flexibility index (Phi) is 4.91. The molecule has 2 aromatic carbocycles. The zero-order valence-electron chi connectivity index (χ0n) is 12.6. The third-order valence-electron chi connectivity index (χ3n) is 3.40. The molecule has 0 aliphatic heterocycles. The van der Waals surface area contributed by atoms with Gasteiger partial charge in [0.05, 0.1) is 9.79 Å². The molecule has 0 saturated heterocycles. The van der Waals surface area contributed by atoms with Gasteiger partial charge in [0.25, 0.3) is 0 Å². The summed E-state index contributed by atoms with van der Waals surface area (Å²) < 4.78 is 26.0. The number of hydrogen-bond acceptors (Lipinski definition) is 4. The Balaban J connectivity index is 2.68. The minimum atomic E-state index is -3.80. The lowest BCUT2D eigenvalue weighted by Gasteiger charge is -2.13. The van der Waals surface area contributed by atoms with Crippen molar-refractivity contribution in [1.29, 1.82) is 0 Å². The van der Waals surface area contributed by atoms with Gasteiger partial charge in [-0.3, -0.25) is 0 Å². The molecule has 0 bridgehead atoms. The van der Waals surface area contributed by atoms with Crippen molar-refractivity contribution in [3.63, 3.8) is 0 Å². The lowest BCUT2D eigenvalue weighted by atomic mass is 10.1. The topological polar surface area (TPSA) is 74.6 Å². The molecule has 0 amide bonds. The fourth-order valence-electron chi connectivity index (χ4n) is 2.40. The first-order chi connectivity index (χ1) is 10.9. The molecule has 0 atom stereocenters. The molecule has 2 rings (SSSR count). The van der Waals surface area contributed by atoms with E-state index in [0.29, 0.717) is 24.0 Å². The van der Waals surface area contributed by atoms with Gasteiger partial charge in [0.1, 0.15) is 11.5 Å². The van der Waals surface area contributed by atoms with Crippen molar-refractivity contribution in [3.05, 3.63) is 72.8 Å². The summed E-state index contributed by atoms with van der Waals surface area (Å²) in [6, 6.07) is 8.28. The van der Waals surface area contributed by atoms with Crippen molar-refractivity contribution < 1.29 is 18.6 Å². The summed E-state index contributed by atoms with van der Waals surface area (Å²) in [4.78, 5) is 0.234. The zero-order chi connectivity index (χ0) is 17.0. The standard InChI is InChI=1S/C18H18O4S/c1-3-5-13-11-15(19)7-9-17(13)23(21,22)18-10-8-16(20)12-14(18)6-4-2/h3-4,7-12,19-20H,1-2,5-6H2. The summed E-state index contributed by atoms with van der Waals surface area (Å²) in [5.74, 6) is -0.00403. The van der Waals surface area contributed by atoms with Gasteiger partial charge in [0.15, 0.2) is 0 Å². The van der Waals surface area contributed by atoms with E-state index in [-0.39, 0.29) is 21.3 Å². The first kappa shape index (κ1) is 16.8. The Morgan fingerprint density at radius 2 is 1.22 bits per heavy atom. The normalized spacial score (nSPS) is 11.1. The summed E-state index contributed by atoms with van der Waals surface area (Å²) in [7, 11) is -3.80. The summed E-state index contributed by atoms with van der Waals surface area (Å²) >= 11 is 0. The number of sulfone groups is 1. The van der Waals surface area contributed by atoms with Gasteiger partial charge in [-0.1, -0.05) is 12.2 Å². The molecule has 5 heteroatoms. The van der Waals surface area contributed by atoms with Gasteiger partial charge in [-0.25, -0.2) is 8.42 Å². The second-order valence-corrected chi connectivity index (χ2v) is 6.96. The number of aromatic hydroxyl groups is 2. The number of allylic oxidation sites excluding steroid dienone is 2. The maximum Gasteiger partial charge on any atom is 0.207 e. The van der Waals surface area contributed by atoms with Gasteiger partial charge in [-0.05, 0) is 60.4 Å². The zero-order valence-corrected chi connectivity index (χ0v) is 13.4. The van der Waals surface area contributed by atoms with Crippen LogP contribution in [-0.2, 0) is 22.7 Å². The average Bonchev–Trinajstić information content (AvgIpc) is 2.47. The maximum atomic E-state index is 13.0. The number of phenols is 2. The minimum absolute atomic E-state index is 0.00202. The first-order valence-corrected chi connectivity index (χ1v) is 8.49. The second kappa shape index (κ2) is 6.71.